The second-order valence-corrected chi connectivity index (χ2v) is 5.50. The first kappa shape index (κ1) is 15.0. The topological polar surface area (TPSA) is 29.1 Å². The maximum absolute atomic E-state index is 12.9. The van der Waals surface area contributed by atoms with Gasteiger partial charge in [0.1, 0.15) is 0 Å². The fourth-order valence-corrected chi connectivity index (χ4v) is 1.70. The fraction of sp³-hybridized carbons (Fsp3) is 0.417. The fourth-order valence-electron chi connectivity index (χ4n) is 1.37. The first-order valence-electron chi connectivity index (χ1n) is 5.48. The number of hydrogen-bond donors (Lipinski definition) is 1. The zero-order chi connectivity index (χ0) is 13.7. The second kappa shape index (κ2) is 6.78. The molecule has 1 unspecified atom stereocenters. The summed E-state index contributed by atoms with van der Waals surface area (Å²) >= 11 is 3.36. The van der Waals surface area contributed by atoms with Crippen molar-refractivity contribution in [3.05, 3.63) is 35.1 Å². The number of hydrogen-bond acceptors (Lipinski definition) is 1. The third-order valence-electron chi connectivity index (χ3n) is 2.31. The van der Waals surface area contributed by atoms with Gasteiger partial charge in [-0.3, -0.25) is 4.79 Å². The number of rotatable bonds is 5. The van der Waals surface area contributed by atoms with Crippen LogP contribution in [0.15, 0.2) is 12.1 Å². The molecule has 1 rings (SSSR count). The Kier molecular flexibility index (Phi) is 5.65. The minimum Gasteiger partial charge on any atom is -0.352 e. The number of benzene rings is 1. The van der Waals surface area contributed by atoms with Crippen molar-refractivity contribution in [3.63, 3.8) is 0 Å². The highest BCUT2D eigenvalue weighted by Gasteiger charge is 2.14. The van der Waals surface area contributed by atoms with Crippen molar-refractivity contribution >= 4 is 21.8 Å². The van der Waals surface area contributed by atoms with Crippen LogP contribution in [-0.2, 0) is 0 Å². The smallest absolute Gasteiger partial charge is 0.251 e. The Labute approximate surface area is 112 Å². The van der Waals surface area contributed by atoms with Crippen molar-refractivity contribution in [1.29, 1.82) is 0 Å². The van der Waals surface area contributed by atoms with E-state index in [1.165, 1.54) is 0 Å². The lowest BCUT2D eigenvalue weighted by Gasteiger charge is -2.07. The first-order valence-corrected chi connectivity index (χ1v) is 6.40. The summed E-state index contributed by atoms with van der Waals surface area (Å²) in [4.78, 5) is 11.9. The monoisotopic (exact) mass is 323 g/mol. The van der Waals surface area contributed by atoms with E-state index >= 15 is 0 Å². The lowest BCUT2D eigenvalue weighted by molar-refractivity contribution is 0.0952. The van der Waals surface area contributed by atoms with E-state index in [1.807, 2.05) is 6.92 Å². The van der Waals surface area contributed by atoms with Crippen molar-refractivity contribution < 1.29 is 18.0 Å². The summed E-state index contributed by atoms with van der Waals surface area (Å²) < 4.78 is 38.5. The molecule has 0 bridgehead atoms. The van der Waals surface area contributed by atoms with Gasteiger partial charge in [-0.1, -0.05) is 22.9 Å². The zero-order valence-electron chi connectivity index (χ0n) is 9.77. The van der Waals surface area contributed by atoms with Crippen LogP contribution in [0.2, 0.25) is 0 Å². The van der Waals surface area contributed by atoms with Gasteiger partial charge >= 0.3 is 0 Å². The lowest BCUT2D eigenvalue weighted by Crippen LogP contribution is -2.25. The van der Waals surface area contributed by atoms with Crippen molar-refractivity contribution in [2.45, 2.75) is 24.6 Å². The molecule has 1 aromatic rings. The van der Waals surface area contributed by atoms with Crippen molar-refractivity contribution in [2.24, 2.45) is 0 Å². The molecule has 100 valence electrons. The van der Waals surface area contributed by atoms with Crippen LogP contribution >= 0.6 is 15.9 Å². The molecule has 18 heavy (non-hydrogen) atoms. The van der Waals surface area contributed by atoms with Gasteiger partial charge in [0.05, 0.1) is 0 Å². The van der Waals surface area contributed by atoms with Crippen molar-refractivity contribution in [2.75, 3.05) is 6.54 Å². The second-order valence-electron chi connectivity index (χ2n) is 3.93. The highest BCUT2D eigenvalue weighted by atomic mass is 79.9. The van der Waals surface area contributed by atoms with E-state index in [9.17, 15) is 18.0 Å². The third-order valence-corrected chi connectivity index (χ3v) is 2.77. The molecular formula is C12H13BrF3NO. The molecule has 0 heterocycles. The molecule has 0 aliphatic carbocycles. The third kappa shape index (κ3) is 4.33. The number of carbonyl (C=O) groups excluding carboxylic acids is 1. The maximum atomic E-state index is 12.9. The molecule has 0 spiro atoms. The summed E-state index contributed by atoms with van der Waals surface area (Å²) in [5, 5.41) is 2.51. The van der Waals surface area contributed by atoms with Crippen LogP contribution < -0.4 is 5.32 Å². The number of alkyl halides is 1. The molecule has 1 aromatic carbocycles. The van der Waals surface area contributed by atoms with Crippen LogP contribution in [0.5, 0.6) is 0 Å². The van der Waals surface area contributed by atoms with Gasteiger partial charge in [0.25, 0.3) is 5.91 Å². The summed E-state index contributed by atoms with van der Waals surface area (Å²) in [5.74, 6) is -4.92. The highest BCUT2D eigenvalue weighted by molar-refractivity contribution is 9.09. The molecule has 1 atom stereocenters. The molecule has 0 saturated heterocycles. The minimum atomic E-state index is -1.57. The highest BCUT2D eigenvalue weighted by Crippen LogP contribution is 2.13. The van der Waals surface area contributed by atoms with E-state index < -0.39 is 23.4 Å². The van der Waals surface area contributed by atoms with Crippen molar-refractivity contribution in [3.8, 4) is 0 Å². The van der Waals surface area contributed by atoms with E-state index in [1.54, 1.807) is 0 Å². The van der Waals surface area contributed by atoms with Crippen LogP contribution in [0, 0.1) is 17.5 Å². The quantitative estimate of drug-likeness (QED) is 0.502. The average molecular weight is 324 g/mol. The standard InChI is InChI=1S/C12H13BrF3NO/c1-7(13)3-2-4-17-12(18)8-5-9(14)11(16)10(15)6-8/h5-7H,2-4H2,1H3,(H,17,18). The number of halogens is 4. The Morgan fingerprint density at radius 1 is 1.33 bits per heavy atom. The molecule has 0 aliphatic rings. The molecule has 1 N–H and O–H groups in total. The predicted octanol–water partition coefficient (Wildman–Crippen LogP) is 3.40. The van der Waals surface area contributed by atoms with E-state index in [0.717, 1.165) is 12.8 Å². The Balaban J connectivity index is 2.57. The number of carbonyl (C=O) groups is 1. The van der Waals surface area contributed by atoms with Crippen LogP contribution in [0.4, 0.5) is 13.2 Å². The first-order chi connectivity index (χ1) is 8.41. The van der Waals surface area contributed by atoms with Gasteiger partial charge < -0.3 is 5.32 Å². The van der Waals surface area contributed by atoms with Gasteiger partial charge in [-0.15, -0.1) is 0 Å². The Morgan fingerprint density at radius 3 is 2.39 bits per heavy atom. The zero-order valence-corrected chi connectivity index (χ0v) is 11.4. The van der Waals surface area contributed by atoms with Crippen LogP contribution in [0.25, 0.3) is 0 Å². The van der Waals surface area contributed by atoms with Gasteiger partial charge in [-0.05, 0) is 25.0 Å². The minimum absolute atomic E-state index is 0.224. The van der Waals surface area contributed by atoms with Gasteiger partial charge in [0, 0.05) is 16.9 Å². The molecule has 6 heteroatoms. The SMILES string of the molecule is CC(Br)CCCNC(=O)c1cc(F)c(F)c(F)c1. The largest absolute Gasteiger partial charge is 0.352 e. The molecule has 0 saturated carbocycles. The summed E-state index contributed by atoms with van der Waals surface area (Å²) in [5.41, 5.74) is -0.224. The average Bonchev–Trinajstić information content (AvgIpc) is 2.30. The lowest BCUT2D eigenvalue weighted by atomic mass is 10.2. The van der Waals surface area contributed by atoms with Gasteiger partial charge in [-0.25, -0.2) is 13.2 Å². The number of amides is 1. The van der Waals surface area contributed by atoms with E-state index in [4.69, 9.17) is 0 Å². The van der Waals surface area contributed by atoms with Gasteiger partial charge in [0.15, 0.2) is 17.5 Å². The molecule has 0 fully saturated rings. The van der Waals surface area contributed by atoms with Crippen LogP contribution in [0.1, 0.15) is 30.1 Å². The molecule has 0 radical (unpaired) electrons. The maximum Gasteiger partial charge on any atom is 0.251 e. The van der Waals surface area contributed by atoms with Gasteiger partial charge in [0.2, 0.25) is 0 Å². The van der Waals surface area contributed by atoms with E-state index in [2.05, 4.69) is 21.2 Å². The number of nitrogens with one attached hydrogen (secondary N) is 1. The summed E-state index contributed by atoms with van der Waals surface area (Å²) in [6.07, 6.45) is 1.61. The molecule has 0 aliphatic heterocycles. The van der Waals surface area contributed by atoms with E-state index in [-0.39, 0.29) is 5.56 Å². The molecule has 2 nitrogen and oxygen atoms in total. The Morgan fingerprint density at radius 2 is 1.89 bits per heavy atom. The summed E-state index contributed by atoms with van der Waals surface area (Å²) in [6, 6.07) is 1.36. The normalized spacial score (nSPS) is 12.3. The van der Waals surface area contributed by atoms with Crippen LogP contribution in [-0.4, -0.2) is 17.3 Å². The molecular weight excluding hydrogens is 311 g/mol. The Hall–Kier alpha value is -1.04. The Bertz CT molecular complexity index is 414. The van der Waals surface area contributed by atoms with Crippen molar-refractivity contribution in [1.82, 2.24) is 5.32 Å². The predicted molar refractivity (Wildman–Crippen MR) is 66.3 cm³/mol. The summed E-state index contributed by atoms with van der Waals surface area (Å²) in [7, 11) is 0. The summed E-state index contributed by atoms with van der Waals surface area (Å²) in [6.45, 7) is 2.38. The van der Waals surface area contributed by atoms with Gasteiger partial charge in [-0.2, -0.15) is 0 Å². The molecule has 1 amide bonds. The van der Waals surface area contributed by atoms with E-state index in [0.29, 0.717) is 23.5 Å². The van der Waals surface area contributed by atoms with Crippen LogP contribution in [0.3, 0.4) is 0 Å². The molecule has 0 aromatic heterocycles.